The van der Waals surface area contributed by atoms with Gasteiger partial charge in [-0.3, -0.25) is 4.79 Å². The second-order valence-corrected chi connectivity index (χ2v) is 3.12. The third-order valence-electron chi connectivity index (χ3n) is 1.42. The van der Waals surface area contributed by atoms with Crippen LogP contribution < -0.4 is 4.74 Å². The lowest BCUT2D eigenvalue weighted by atomic mass is 10.2. The van der Waals surface area contributed by atoms with E-state index in [0.29, 0.717) is 15.9 Å². The van der Waals surface area contributed by atoms with E-state index in [-0.39, 0.29) is 5.78 Å². The lowest BCUT2D eigenvalue weighted by Gasteiger charge is -2.02. The maximum Gasteiger partial charge on any atom is 0.213 e. The molecule has 0 aliphatic rings. The molecule has 1 aromatic rings. The average molecular weight is 230 g/mol. The maximum absolute atomic E-state index is 11.0. The molecule has 1 heterocycles. The molecule has 0 aromatic carbocycles. The molecule has 1 aromatic heterocycles. The number of aromatic nitrogens is 1. The van der Waals surface area contributed by atoms with Crippen molar-refractivity contribution < 1.29 is 9.53 Å². The van der Waals surface area contributed by atoms with Gasteiger partial charge in [0.15, 0.2) is 5.78 Å². The van der Waals surface area contributed by atoms with Crippen LogP contribution in [0.4, 0.5) is 0 Å². The zero-order valence-electron chi connectivity index (χ0n) is 6.80. The van der Waals surface area contributed by atoms with Gasteiger partial charge in [-0.15, -0.1) is 0 Å². The number of nitrogens with zero attached hydrogens (tertiary/aromatic N) is 1. The summed E-state index contributed by atoms with van der Waals surface area (Å²) >= 11 is 3.22. The summed E-state index contributed by atoms with van der Waals surface area (Å²) in [5.41, 5.74) is 0.585. The summed E-state index contributed by atoms with van der Waals surface area (Å²) in [6.45, 7) is 1.50. The Hall–Kier alpha value is -0.900. The molecule has 3 nitrogen and oxygen atoms in total. The second kappa shape index (κ2) is 3.67. The first-order chi connectivity index (χ1) is 5.65. The van der Waals surface area contributed by atoms with E-state index in [1.54, 1.807) is 12.3 Å². The van der Waals surface area contributed by atoms with Crippen LogP contribution in [-0.2, 0) is 0 Å². The van der Waals surface area contributed by atoms with Gasteiger partial charge in [-0.2, -0.15) is 0 Å². The summed E-state index contributed by atoms with van der Waals surface area (Å²) in [4.78, 5) is 14.9. The van der Waals surface area contributed by atoms with E-state index in [9.17, 15) is 4.79 Å². The molecule has 0 radical (unpaired) electrons. The highest BCUT2D eigenvalue weighted by molar-refractivity contribution is 9.10. The van der Waals surface area contributed by atoms with Crippen molar-refractivity contribution in [3.8, 4) is 5.88 Å². The molecule has 0 N–H and O–H groups in total. The van der Waals surface area contributed by atoms with Crippen molar-refractivity contribution in [2.45, 2.75) is 6.92 Å². The van der Waals surface area contributed by atoms with Gasteiger partial charge < -0.3 is 4.74 Å². The van der Waals surface area contributed by atoms with Crippen LogP contribution in [0.25, 0.3) is 0 Å². The van der Waals surface area contributed by atoms with E-state index in [1.165, 1.54) is 14.0 Å². The minimum atomic E-state index is -0.0115. The Labute approximate surface area is 78.9 Å². The predicted molar refractivity (Wildman–Crippen MR) is 48.5 cm³/mol. The lowest BCUT2D eigenvalue weighted by molar-refractivity contribution is 0.101. The zero-order valence-corrected chi connectivity index (χ0v) is 8.38. The summed E-state index contributed by atoms with van der Waals surface area (Å²) < 4.78 is 5.57. The van der Waals surface area contributed by atoms with Gasteiger partial charge in [0.1, 0.15) is 0 Å². The molecule has 12 heavy (non-hydrogen) atoms. The van der Waals surface area contributed by atoms with Gasteiger partial charge in [-0.1, -0.05) is 0 Å². The molecule has 0 fully saturated rings. The number of rotatable bonds is 2. The molecule has 0 bridgehead atoms. The molecule has 0 aliphatic heterocycles. The fraction of sp³-hybridized carbons (Fsp3) is 0.250. The SMILES string of the molecule is COc1cc(C(C)=O)c(Br)cn1. The van der Waals surface area contributed by atoms with Gasteiger partial charge in [0.05, 0.1) is 7.11 Å². The molecule has 64 valence electrons. The smallest absolute Gasteiger partial charge is 0.213 e. The van der Waals surface area contributed by atoms with Crippen LogP contribution in [0.2, 0.25) is 0 Å². The number of methoxy groups -OCH3 is 1. The van der Waals surface area contributed by atoms with Crippen LogP contribution in [0, 0.1) is 0 Å². The summed E-state index contributed by atoms with van der Waals surface area (Å²) in [6.07, 6.45) is 1.55. The topological polar surface area (TPSA) is 39.2 Å². The molecule has 0 saturated heterocycles. The average Bonchev–Trinajstić information content (AvgIpc) is 2.05. The molecule has 4 heteroatoms. The first-order valence-corrected chi connectivity index (χ1v) is 4.15. The monoisotopic (exact) mass is 229 g/mol. The largest absolute Gasteiger partial charge is 0.481 e. The normalized spacial score (nSPS) is 9.58. The number of hydrogen-bond donors (Lipinski definition) is 0. The zero-order chi connectivity index (χ0) is 9.14. The minimum absolute atomic E-state index is 0.0115. The maximum atomic E-state index is 11.0. The quantitative estimate of drug-likeness (QED) is 0.730. The molecular weight excluding hydrogens is 222 g/mol. The number of Topliss-reactive ketones (excluding diaryl/α,β-unsaturated/α-hetero) is 1. The van der Waals surface area contributed by atoms with Crippen molar-refractivity contribution in [3.63, 3.8) is 0 Å². The van der Waals surface area contributed by atoms with Crippen LogP contribution in [0.3, 0.4) is 0 Å². The van der Waals surface area contributed by atoms with Crippen LogP contribution in [-0.4, -0.2) is 17.9 Å². The Morgan fingerprint density at radius 3 is 2.83 bits per heavy atom. The number of hydrogen-bond acceptors (Lipinski definition) is 3. The summed E-state index contributed by atoms with van der Waals surface area (Å²) in [7, 11) is 1.51. The van der Waals surface area contributed by atoms with Gasteiger partial charge in [0.2, 0.25) is 5.88 Å². The van der Waals surface area contributed by atoms with E-state index in [2.05, 4.69) is 20.9 Å². The molecule has 0 amide bonds. The third-order valence-corrected chi connectivity index (χ3v) is 2.05. The number of pyridine rings is 1. The summed E-state index contributed by atoms with van der Waals surface area (Å²) in [5.74, 6) is 0.436. The number of carbonyl (C=O) groups excluding carboxylic acids is 1. The van der Waals surface area contributed by atoms with Gasteiger partial charge in [-0.25, -0.2) is 4.98 Å². The fourth-order valence-corrected chi connectivity index (χ4v) is 1.30. The van der Waals surface area contributed by atoms with Crippen molar-refractivity contribution in [1.29, 1.82) is 0 Å². The van der Waals surface area contributed by atoms with Gasteiger partial charge in [-0.05, 0) is 22.9 Å². The highest BCUT2D eigenvalue weighted by atomic mass is 79.9. The summed E-state index contributed by atoms with van der Waals surface area (Å²) in [6, 6.07) is 1.60. The predicted octanol–water partition coefficient (Wildman–Crippen LogP) is 2.06. The van der Waals surface area contributed by atoms with Gasteiger partial charge in [0, 0.05) is 22.3 Å². The van der Waals surface area contributed by atoms with E-state index in [4.69, 9.17) is 4.74 Å². The highest BCUT2D eigenvalue weighted by Gasteiger charge is 2.06. The Balaban J connectivity index is 3.17. The van der Waals surface area contributed by atoms with Crippen molar-refractivity contribution in [2.24, 2.45) is 0 Å². The second-order valence-electron chi connectivity index (χ2n) is 2.26. The number of carbonyl (C=O) groups is 1. The van der Waals surface area contributed by atoms with Crippen LogP contribution >= 0.6 is 15.9 Å². The third kappa shape index (κ3) is 1.82. The van der Waals surface area contributed by atoms with Crippen molar-refractivity contribution in [3.05, 3.63) is 22.3 Å². The Morgan fingerprint density at radius 2 is 2.33 bits per heavy atom. The molecular formula is C8H8BrNO2. The number of halogens is 1. The molecule has 0 saturated carbocycles. The van der Waals surface area contributed by atoms with Crippen LogP contribution in [0.1, 0.15) is 17.3 Å². The van der Waals surface area contributed by atoms with Crippen molar-refractivity contribution in [2.75, 3.05) is 7.11 Å². The number of ketones is 1. The van der Waals surface area contributed by atoms with E-state index in [0.717, 1.165) is 0 Å². The van der Waals surface area contributed by atoms with Gasteiger partial charge in [0.25, 0.3) is 0 Å². The molecule has 1 rings (SSSR count). The first kappa shape index (κ1) is 9.19. The van der Waals surface area contributed by atoms with Crippen LogP contribution in [0.5, 0.6) is 5.88 Å². The lowest BCUT2D eigenvalue weighted by Crippen LogP contribution is -1.96. The van der Waals surface area contributed by atoms with E-state index in [1.807, 2.05) is 0 Å². The Morgan fingerprint density at radius 1 is 1.67 bits per heavy atom. The van der Waals surface area contributed by atoms with Crippen molar-refractivity contribution in [1.82, 2.24) is 4.98 Å². The molecule has 0 atom stereocenters. The van der Waals surface area contributed by atoms with E-state index < -0.39 is 0 Å². The Bertz CT molecular complexity index is 312. The fourth-order valence-electron chi connectivity index (χ4n) is 0.801. The molecule has 0 unspecified atom stereocenters. The van der Waals surface area contributed by atoms with Crippen LogP contribution in [0.15, 0.2) is 16.7 Å². The molecule has 0 spiro atoms. The van der Waals surface area contributed by atoms with Crippen molar-refractivity contribution >= 4 is 21.7 Å². The first-order valence-electron chi connectivity index (χ1n) is 3.35. The molecule has 0 aliphatic carbocycles. The van der Waals surface area contributed by atoms with E-state index >= 15 is 0 Å². The minimum Gasteiger partial charge on any atom is -0.481 e. The number of ether oxygens (including phenoxy) is 1. The Kier molecular flexibility index (Phi) is 2.81. The highest BCUT2D eigenvalue weighted by Crippen LogP contribution is 2.19. The summed E-state index contributed by atoms with van der Waals surface area (Å²) in [5, 5.41) is 0. The van der Waals surface area contributed by atoms with Gasteiger partial charge >= 0.3 is 0 Å². The standard InChI is InChI=1S/C8H8BrNO2/c1-5(11)6-3-8(12-2)10-4-7(6)9/h3-4H,1-2H3.